The minimum atomic E-state index is -0.0691. The molecule has 4 rings (SSSR count). The molecule has 45 heavy (non-hydrogen) atoms. The van der Waals surface area contributed by atoms with Crippen molar-refractivity contribution in [1.82, 2.24) is 41.0 Å². The lowest BCUT2D eigenvalue weighted by molar-refractivity contribution is -0.167. The van der Waals surface area contributed by atoms with Crippen LogP contribution in [0.1, 0.15) is 36.4 Å². The molecule has 2 aliphatic rings. The van der Waals surface area contributed by atoms with Gasteiger partial charge in [-0.2, -0.15) is 0 Å². The monoisotopic (exact) mass is 624 g/mol. The highest BCUT2D eigenvalue weighted by molar-refractivity contribution is 5.81. The highest BCUT2D eigenvalue weighted by atomic mass is 16.5. The fourth-order valence-electron chi connectivity index (χ4n) is 5.55. The number of hydrogen-bond donors (Lipinski definition) is 4. The Hall–Kier alpha value is -4.30. The van der Waals surface area contributed by atoms with Gasteiger partial charge in [0.2, 0.25) is 35.4 Å². The average Bonchev–Trinajstić information content (AvgIpc) is 2.96. The molecule has 2 fully saturated rings. The third-order valence-electron chi connectivity index (χ3n) is 7.84. The molecule has 2 aromatic heterocycles. The minimum Gasteiger partial charge on any atom is -0.481 e. The van der Waals surface area contributed by atoms with Crippen LogP contribution in [0.4, 0.5) is 0 Å². The molecule has 2 aliphatic heterocycles. The molecule has 0 atom stereocenters. The van der Waals surface area contributed by atoms with Gasteiger partial charge in [-0.25, -0.2) is 9.97 Å². The second kappa shape index (κ2) is 15.6. The predicted octanol–water partition coefficient (Wildman–Crippen LogP) is -0.599. The molecule has 4 heterocycles. The van der Waals surface area contributed by atoms with Gasteiger partial charge in [0.25, 0.3) is 0 Å². The van der Waals surface area contributed by atoms with E-state index in [9.17, 15) is 19.2 Å². The van der Waals surface area contributed by atoms with Crippen LogP contribution in [0, 0.1) is 5.41 Å². The first kappa shape index (κ1) is 33.6. The zero-order chi connectivity index (χ0) is 32.4. The Bertz CT molecular complexity index is 1270. The third-order valence-corrected chi connectivity index (χ3v) is 7.84. The van der Waals surface area contributed by atoms with Crippen molar-refractivity contribution in [3.63, 3.8) is 0 Å². The van der Waals surface area contributed by atoms with Crippen LogP contribution < -0.4 is 30.7 Å². The maximum absolute atomic E-state index is 13.0. The molecule has 244 valence electrons. The number of nitrogens with zero attached hydrogens (tertiary/aromatic N) is 4. The zero-order valence-electron chi connectivity index (χ0n) is 26.5. The van der Waals surface area contributed by atoms with Crippen LogP contribution in [0.15, 0.2) is 24.3 Å². The molecule has 0 unspecified atom stereocenters. The van der Waals surface area contributed by atoms with Gasteiger partial charge >= 0.3 is 0 Å². The Morgan fingerprint density at radius 1 is 0.689 bits per heavy atom. The summed E-state index contributed by atoms with van der Waals surface area (Å²) in [5, 5.41) is 11.9. The summed E-state index contributed by atoms with van der Waals surface area (Å²) in [6, 6.07) is 7.48. The molecule has 0 saturated carbocycles. The van der Waals surface area contributed by atoms with Crippen LogP contribution >= 0.6 is 0 Å². The minimum absolute atomic E-state index is 0.00197. The van der Waals surface area contributed by atoms with E-state index in [4.69, 9.17) is 9.47 Å². The third kappa shape index (κ3) is 9.35. The SMILES string of the molecule is COc1nc(CC(=O)N2CC3(C2)CN(C(=O)Cc2ccc(CNCCNC(C)=O)c(OC)n2)C3)ccc1CNCCNC(C)=O. The van der Waals surface area contributed by atoms with Crippen molar-refractivity contribution in [3.8, 4) is 11.8 Å². The molecule has 14 nitrogen and oxygen atoms in total. The molecule has 4 N–H and O–H groups in total. The van der Waals surface area contributed by atoms with Crippen molar-refractivity contribution < 1.29 is 28.7 Å². The van der Waals surface area contributed by atoms with Gasteiger partial charge in [-0.05, 0) is 12.1 Å². The van der Waals surface area contributed by atoms with E-state index in [-0.39, 0.29) is 41.9 Å². The van der Waals surface area contributed by atoms with Crippen LogP contribution in [0.5, 0.6) is 11.8 Å². The number of nitrogens with one attached hydrogen (secondary N) is 4. The van der Waals surface area contributed by atoms with Crippen LogP contribution in [-0.4, -0.2) is 110 Å². The van der Waals surface area contributed by atoms with E-state index in [1.165, 1.54) is 13.8 Å². The molecule has 1 spiro atoms. The second-order valence-corrected chi connectivity index (χ2v) is 11.6. The van der Waals surface area contributed by atoms with E-state index >= 15 is 0 Å². The molecular formula is C31H44N8O6. The highest BCUT2D eigenvalue weighted by Crippen LogP contribution is 2.40. The summed E-state index contributed by atoms with van der Waals surface area (Å²) >= 11 is 0. The smallest absolute Gasteiger partial charge is 0.228 e. The first-order valence-electron chi connectivity index (χ1n) is 15.1. The van der Waals surface area contributed by atoms with Gasteiger partial charge in [0.1, 0.15) is 0 Å². The quantitative estimate of drug-likeness (QED) is 0.177. The summed E-state index contributed by atoms with van der Waals surface area (Å²) in [6.45, 7) is 8.81. The summed E-state index contributed by atoms with van der Waals surface area (Å²) in [7, 11) is 3.10. The number of aromatic nitrogens is 2. The number of methoxy groups -OCH3 is 2. The number of pyridine rings is 2. The van der Waals surface area contributed by atoms with E-state index in [0.29, 0.717) is 88.6 Å². The number of carbonyl (C=O) groups excluding carboxylic acids is 4. The summed E-state index contributed by atoms with van der Waals surface area (Å²) in [4.78, 5) is 60.6. The van der Waals surface area contributed by atoms with Gasteiger partial charge in [-0.3, -0.25) is 19.2 Å². The Labute approximate surface area is 263 Å². The van der Waals surface area contributed by atoms with E-state index in [1.807, 2.05) is 34.1 Å². The second-order valence-electron chi connectivity index (χ2n) is 11.6. The molecular weight excluding hydrogens is 580 g/mol. The molecule has 2 saturated heterocycles. The van der Waals surface area contributed by atoms with Crippen LogP contribution in [0.25, 0.3) is 0 Å². The fourth-order valence-corrected chi connectivity index (χ4v) is 5.55. The Morgan fingerprint density at radius 3 is 1.44 bits per heavy atom. The summed E-state index contributed by atoms with van der Waals surface area (Å²) in [5.74, 6) is 0.806. The van der Waals surface area contributed by atoms with Gasteiger partial charge in [0, 0.05) is 95.8 Å². The maximum atomic E-state index is 13.0. The number of carbonyl (C=O) groups is 4. The van der Waals surface area contributed by atoms with Gasteiger partial charge in [-0.1, -0.05) is 12.1 Å². The van der Waals surface area contributed by atoms with Gasteiger partial charge < -0.3 is 40.5 Å². The van der Waals surface area contributed by atoms with Crippen molar-refractivity contribution in [1.29, 1.82) is 0 Å². The van der Waals surface area contributed by atoms with Crippen molar-refractivity contribution in [2.75, 3.05) is 66.6 Å². The number of hydrogen-bond acceptors (Lipinski definition) is 10. The first-order chi connectivity index (χ1) is 21.6. The van der Waals surface area contributed by atoms with Gasteiger partial charge in [-0.15, -0.1) is 0 Å². The van der Waals surface area contributed by atoms with E-state index in [1.54, 1.807) is 14.2 Å². The maximum Gasteiger partial charge on any atom is 0.228 e. The Balaban J connectivity index is 1.18. The zero-order valence-corrected chi connectivity index (χ0v) is 26.5. The molecule has 0 aliphatic carbocycles. The normalized spacial score (nSPS) is 14.8. The lowest BCUT2D eigenvalue weighted by Crippen LogP contribution is -2.73. The molecule has 4 amide bonds. The Morgan fingerprint density at radius 2 is 1.09 bits per heavy atom. The summed E-state index contributed by atoms with van der Waals surface area (Å²) in [5.41, 5.74) is 2.98. The highest BCUT2D eigenvalue weighted by Gasteiger charge is 2.54. The summed E-state index contributed by atoms with van der Waals surface area (Å²) in [6.07, 6.45) is 0.360. The first-order valence-corrected chi connectivity index (χ1v) is 15.1. The van der Waals surface area contributed by atoms with Crippen LogP contribution in [-0.2, 0) is 45.1 Å². The van der Waals surface area contributed by atoms with Crippen molar-refractivity contribution in [2.24, 2.45) is 5.41 Å². The van der Waals surface area contributed by atoms with Crippen molar-refractivity contribution >= 4 is 23.6 Å². The molecule has 2 aromatic rings. The standard InChI is InChI=1S/C31H44N8O6/c1-21(40)34-11-9-32-15-23-5-7-25(36-29(23)44-3)13-27(42)38-17-31(18-38)19-39(20-31)28(43)14-26-8-6-24(30(37-26)45-4)16-33-10-12-35-22(2)41/h5-8,32-33H,9-20H2,1-4H3,(H,34,40)(H,35,41). The number of likely N-dealkylation sites (tertiary alicyclic amines) is 2. The molecule has 14 heteroatoms. The van der Waals surface area contributed by atoms with Gasteiger partial charge in [0.15, 0.2) is 0 Å². The lowest BCUT2D eigenvalue weighted by Gasteiger charge is -2.60. The average molecular weight is 625 g/mol. The Kier molecular flexibility index (Phi) is 11.7. The van der Waals surface area contributed by atoms with Crippen LogP contribution in [0.3, 0.4) is 0 Å². The lowest BCUT2D eigenvalue weighted by atomic mass is 9.72. The van der Waals surface area contributed by atoms with Crippen LogP contribution in [0.2, 0.25) is 0 Å². The molecule has 0 aromatic carbocycles. The fraction of sp³-hybridized carbons (Fsp3) is 0.548. The van der Waals surface area contributed by atoms with E-state index < -0.39 is 0 Å². The largest absolute Gasteiger partial charge is 0.481 e. The van der Waals surface area contributed by atoms with Crippen molar-refractivity contribution in [2.45, 2.75) is 39.8 Å². The number of ether oxygens (including phenoxy) is 2. The molecule has 0 radical (unpaired) electrons. The number of rotatable bonds is 16. The topological polar surface area (TPSA) is 167 Å². The molecule has 0 bridgehead atoms. The summed E-state index contributed by atoms with van der Waals surface area (Å²) < 4.78 is 10.9. The van der Waals surface area contributed by atoms with E-state index in [0.717, 1.165) is 11.1 Å². The van der Waals surface area contributed by atoms with Crippen molar-refractivity contribution in [3.05, 3.63) is 46.8 Å². The predicted molar refractivity (Wildman–Crippen MR) is 165 cm³/mol. The van der Waals surface area contributed by atoms with E-state index in [2.05, 4.69) is 31.2 Å². The van der Waals surface area contributed by atoms with Gasteiger partial charge in [0.05, 0.1) is 38.4 Å². The number of amides is 4.